The second-order valence-electron chi connectivity index (χ2n) is 7.70. The Labute approximate surface area is 171 Å². The maximum Gasteiger partial charge on any atom is 0.359 e. The van der Waals surface area contributed by atoms with Gasteiger partial charge in [0.1, 0.15) is 6.61 Å². The van der Waals surface area contributed by atoms with Crippen LogP contribution in [0.5, 0.6) is 0 Å². The Hall–Kier alpha value is -2.01. The van der Waals surface area contributed by atoms with Crippen LogP contribution in [0.2, 0.25) is 0 Å². The topological polar surface area (TPSA) is 156 Å². The average molecular weight is 431 g/mol. The molecule has 0 saturated carbocycles. The molecule has 0 aromatic heterocycles. The third kappa shape index (κ3) is 6.49. The monoisotopic (exact) mass is 430 g/mol. The average Bonchev–Trinajstić information content (AvgIpc) is 2.62. The molecule has 3 atom stereocenters. The lowest BCUT2D eigenvalue weighted by atomic mass is 9.96. The Morgan fingerprint density at radius 3 is 2.17 bits per heavy atom. The summed E-state index contributed by atoms with van der Waals surface area (Å²) in [7, 11) is -5.38. The molecule has 0 saturated heterocycles. The number of hydrogen-bond donors (Lipinski definition) is 4. The zero-order valence-electron chi connectivity index (χ0n) is 17.0. The van der Waals surface area contributed by atoms with Crippen LogP contribution in [0.3, 0.4) is 0 Å². The smallest absolute Gasteiger partial charge is 0.359 e. The number of carbonyl (C=O) groups excluding carboxylic acids is 2. The van der Waals surface area contributed by atoms with Crippen molar-refractivity contribution in [1.82, 2.24) is 5.32 Å². The highest BCUT2D eigenvalue weighted by Crippen LogP contribution is 2.26. The van der Waals surface area contributed by atoms with E-state index in [-0.39, 0.29) is 12.5 Å². The third-order valence-corrected chi connectivity index (χ3v) is 5.55. The van der Waals surface area contributed by atoms with Gasteiger partial charge < -0.3 is 20.9 Å². The van der Waals surface area contributed by atoms with Crippen LogP contribution >= 0.6 is 0 Å². The molecule has 0 aliphatic carbocycles. The molecular formula is C19H30N2O7S. The number of benzene rings is 1. The standard InChI is InChI=1S/C19H30N2O7S/c1-12(2)10-15(20)17(22)21-16(13(3)4)19(24,29(25,26)27)18(23)28-11-14-8-6-5-7-9-14/h5-9,12-13,15-16,24H,10-11,20H2,1-4H3,(H,21,22)(H,25,26,27)/t15-,16?,19?/m0/s1. The predicted molar refractivity (Wildman–Crippen MR) is 107 cm³/mol. The molecule has 10 heteroatoms. The summed E-state index contributed by atoms with van der Waals surface area (Å²) in [6, 6.07) is 5.70. The first-order chi connectivity index (χ1) is 13.3. The van der Waals surface area contributed by atoms with Gasteiger partial charge in [0.2, 0.25) is 5.91 Å². The molecule has 5 N–H and O–H groups in total. The number of amides is 1. The van der Waals surface area contributed by atoms with Crippen LogP contribution in [-0.4, -0.2) is 47.0 Å². The number of esters is 1. The number of rotatable bonds is 10. The fourth-order valence-corrected chi connectivity index (χ4v) is 3.73. The maximum atomic E-state index is 12.6. The van der Waals surface area contributed by atoms with Gasteiger partial charge in [-0.15, -0.1) is 0 Å². The van der Waals surface area contributed by atoms with E-state index in [0.29, 0.717) is 12.0 Å². The molecule has 29 heavy (non-hydrogen) atoms. The van der Waals surface area contributed by atoms with Gasteiger partial charge in [0.25, 0.3) is 0 Å². The highest BCUT2D eigenvalue weighted by molar-refractivity contribution is 7.88. The van der Waals surface area contributed by atoms with E-state index in [1.165, 1.54) is 13.8 Å². The molecule has 0 spiro atoms. The van der Waals surface area contributed by atoms with Crippen molar-refractivity contribution in [1.29, 1.82) is 0 Å². The van der Waals surface area contributed by atoms with Gasteiger partial charge in [-0.2, -0.15) is 8.42 Å². The van der Waals surface area contributed by atoms with Crippen molar-refractivity contribution in [2.24, 2.45) is 17.6 Å². The minimum absolute atomic E-state index is 0.0875. The lowest BCUT2D eigenvalue weighted by molar-refractivity contribution is -0.162. The summed E-state index contributed by atoms with van der Waals surface area (Å²) >= 11 is 0. The molecule has 0 aliphatic heterocycles. The minimum Gasteiger partial charge on any atom is -0.458 e. The summed E-state index contributed by atoms with van der Waals surface area (Å²) < 4.78 is 38.6. The zero-order chi connectivity index (χ0) is 22.4. The lowest BCUT2D eigenvalue weighted by Gasteiger charge is -2.35. The normalized spacial score (nSPS) is 16.2. The molecular weight excluding hydrogens is 400 g/mol. The predicted octanol–water partition coefficient (Wildman–Crippen LogP) is 0.820. The highest BCUT2D eigenvalue weighted by Gasteiger charge is 2.58. The van der Waals surface area contributed by atoms with E-state index in [2.05, 4.69) is 5.32 Å². The maximum absolute atomic E-state index is 12.6. The SMILES string of the molecule is CC(C)C[C@H](N)C(=O)NC(C(C)C)C(O)(C(=O)OCc1ccccc1)S(=O)(=O)O. The second-order valence-corrected chi connectivity index (χ2v) is 9.27. The molecule has 1 rings (SSSR count). The van der Waals surface area contributed by atoms with E-state index < -0.39 is 44.9 Å². The molecule has 2 unspecified atom stereocenters. The number of ether oxygens (including phenoxy) is 1. The van der Waals surface area contributed by atoms with Gasteiger partial charge >= 0.3 is 21.0 Å². The van der Waals surface area contributed by atoms with Gasteiger partial charge in [0, 0.05) is 0 Å². The molecule has 0 bridgehead atoms. The molecule has 0 heterocycles. The summed E-state index contributed by atoms with van der Waals surface area (Å²) in [6.45, 7) is 6.31. The van der Waals surface area contributed by atoms with Gasteiger partial charge in [-0.3, -0.25) is 9.35 Å². The summed E-state index contributed by atoms with van der Waals surface area (Å²) in [5.41, 5.74) is 6.35. The van der Waals surface area contributed by atoms with Gasteiger partial charge in [-0.05, 0) is 23.8 Å². The first kappa shape index (κ1) is 25.0. The first-order valence-electron chi connectivity index (χ1n) is 9.27. The van der Waals surface area contributed by atoms with Crippen molar-refractivity contribution in [3.63, 3.8) is 0 Å². The van der Waals surface area contributed by atoms with Gasteiger partial charge in [0.05, 0.1) is 12.1 Å². The second kappa shape index (κ2) is 10.1. The highest BCUT2D eigenvalue weighted by atomic mass is 32.2. The van der Waals surface area contributed by atoms with Crippen LogP contribution in [0, 0.1) is 11.8 Å². The van der Waals surface area contributed by atoms with Crippen molar-refractivity contribution in [3.8, 4) is 0 Å². The zero-order valence-corrected chi connectivity index (χ0v) is 17.8. The Balaban J connectivity index is 3.15. The van der Waals surface area contributed by atoms with Crippen LogP contribution in [0.4, 0.5) is 0 Å². The lowest BCUT2D eigenvalue weighted by Crippen LogP contribution is -2.65. The summed E-state index contributed by atoms with van der Waals surface area (Å²) in [6.07, 6.45) is 0.305. The quantitative estimate of drug-likeness (QED) is 0.314. The van der Waals surface area contributed by atoms with Crippen molar-refractivity contribution in [2.45, 2.75) is 57.7 Å². The van der Waals surface area contributed by atoms with E-state index in [0.717, 1.165) is 0 Å². The third-order valence-electron chi connectivity index (χ3n) is 4.35. The number of nitrogens with one attached hydrogen (secondary N) is 1. The van der Waals surface area contributed by atoms with Crippen molar-refractivity contribution in [2.75, 3.05) is 0 Å². The van der Waals surface area contributed by atoms with Crippen LogP contribution < -0.4 is 11.1 Å². The van der Waals surface area contributed by atoms with E-state index in [9.17, 15) is 27.7 Å². The first-order valence-corrected chi connectivity index (χ1v) is 10.7. The molecule has 164 valence electrons. The Morgan fingerprint density at radius 1 is 1.17 bits per heavy atom. The van der Waals surface area contributed by atoms with E-state index in [4.69, 9.17) is 10.5 Å². The van der Waals surface area contributed by atoms with Crippen molar-refractivity contribution >= 4 is 22.0 Å². The van der Waals surface area contributed by atoms with Gasteiger partial charge in [-0.25, -0.2) is 4.79 Å². The van der Waals surface area contributed by atoms with Crippen molar-refractivity contribution < 1.29 is 32.4 Å². The van der Waals surface area contributed by atoms with Crippen LogP contribution in [0.15, 0.2) is 30.3 Å². The number of carbonyl (C=O) groups is 2. The number of nitrogens with two attached hydrogens (primary N) is 1. The molecule has 1 aromatic rings. The van der Waals surface area contributed by atoms with Gasteiger partial charge in [-0.1, -0.05) is 58.0 Å². The summed E-state index contributed by atoms with van der Waals surface area (Å²) in [4.78, 5) is 21.6. The van der Waals surface area contributed by atoms with E-state index in [1.807, 2.05) is 13.8 Å². The number of aliphatic hydroxyl groups is 1. The Kier molecular flexibility index (Phi) is 8.76. The van der Waals surface area contributed by atoms with E-state index >= 15 is 0 Å². The van der Waals surface area contributed by atoms with E-state index in [1.54, 1.807) is 30.3 Å². The molecule has 0 fully saturated rings. The van der Waals surface area contributed by atoms with Crippen LogP contribution in [0.25, 0.3) is 0 Å². The van der Waals surface area contributed by atoms with Crippen LogP contribution in [-0.2, 0) is 31.1 Å². The van der Waals surface area contributed by atoms with Gasteiger partial charge in [0.15, 0.2) is 0 Å². The fourth-order valence-electron chi connectivity index (χ4n) is 2.81. The Morgan fingerprint density at radius 2 is 1.72 bits per heavy atom. The Bertz CT molecular complexity index is 796. The fraction of sp³-hybridized carbons (Fsp3) is 0.579. The van der Waals surface area contributed by atoms with Crippen LogP contribution in [0.1, 0.15) is 39.7 Å². The molecule has 0 aliphatic rings. The molecule has 1 aromatic carbocycles. The summed E-state index contributed by atoms with van der Waals surface area (Å²) in [5.74, 6) is -3.03. The molecule has 0 radical (unpaired) electrons. The number of hydrogen-bond acceptors (Lipinski definition) is 7. The molecule has 1 amide bonds. The van der Waals surface area contributed by atoms with Crippen molar-refractivity contribution in [3.05, 3.63) is 35.9 Å². The largest absolute Gasteiger partial charge is 0.458 e. The minimum atomic E-state index is -5.38. The molecule has 9 nitrogen and oxygen atoms in total. The summed E-state index contributed by atoms with van der Waals surface area (Å²) in [5, 5.41) is 13.1.